The van der Waals surface area contributed by atoms with Gasteiger partial charge in [-0.05, 0) is 52.2 Å². The normalized spacial score (nSPS) is 11.5. The standard InChI is InChI=1S/C42H76N2O4/c1-5-7-9-11-13-15-17-19-21-23-25-29-33-43(3)35-37-47-41(45)39-31-27-28-32-40(39)42(46)48-38-36-44(4)34-30-26-24-22-20-18-16-14-12-10-8-6-2/h27-28,31-32H,5-26,29-30,33-38H2,1-4H3. The lowest BCUT2D eigenvalue weighted by Crippen LogP contribution is -2.26. The molecule has 0 aliphatic carbocycles. The highest BCUT2D eigenvalue weighted by Crippen LogP contribution is 2.15. The molecular weight excluding hydrogens is 596 g/mol. The van der Waals surface area contributed by atoms with Crippen molar-refractivity contribution in [1.82, 2.24) is 9.80 Å². The number of likely N-dealkylation sites (N-methyl/N-ethyl adjacent to an activating group) is 2. The fourth-order valence-electron chi connectivity index (χ4n) is 6.25. The molecule has 0 saturated carbocycles. The SMILES string of the molecule is CCCCCCCCCCCCCCN(C)CCOC(=O)c1ccccc1C(=O)OCCN(C)CCCCCCCCCCCCCC. The predicted octanol–water partition coefficient (Wildman–Crippen LogP) is 11.3. The molecule has 48 heavy (non-hydrogen) atoms. The van der Waals surface area contributed by atoms with E-state index in [9.17, 15) is 9.59 Å². The summed E-state index contributed by atoms with van der Waals surface area (Å²) in [6.07, 6.45) is 32.3. The van der Waals surface area contributed by atoms with Crippen LogP contribution < -0.4 is 0 Å². The molecule has 6 heteroatoms. The second-order valence-electron chi connectivity index (χ2n) is 14.2. The molecule has 0 N–H and O–H groups in total. The number of esters is 2. The number of carbonyl (C=O) groups excluding carboxylic acids is 2. The molecule has 1 rings (SSSR count). The highest BCUT2D eigenvalue weighted by Gasteiger charge is 2.19. The van der Waals surface area contributed by atoms with Crippen molar-refractivity contribution in [1.29, 1.82) is 0 Å². The summed E-state index contributed by atoms with van der Waals surface area (Å²) in [7, 11) is 4.15. The van der Waals surface area contributed by atoms with Crippen LogP contribution in [0.3, 0.4) is 0 Å². The lowest BCUT2D eigenvalue weighted by molar-refractivity contribution is 0.0426. The molecule has 0 aliphatic heterocycles. The van der Waals surface area contributed by atoms with Crippen LogP contribution in [0, 0.1) is 0 Å². The van der Waals surface area contributed by atoms with Crippen LogP contribution in [0.1, 0.15) is 189 Å². The third-order valence-electron chi connectivity index (χ3n) is 9.57. The van der Waals surface area contributed by atoms with E-state index in [0.29, 0.717) is 26.3 Å². The highest BCUT2D eigenvalue weighted by molar-refractivity contribution is 6.03. The zero-order valence-corrected chi connectivity index (χ0v) is 32.1. The quantitative estimate of drug-likeness (QED) is 0.0536. The van der Waals surface area contributed by atoms with Gasteiger partial charge in [-0.1, -0.05) is 167 Å². The van der Waals surface area contributed by atoms with E-state index in [4.69, 9.17) is 9.47 Å². The maximum Gasteiger partial charge on any atom is 0.339 e. The molecule has 1 aromatic rings. The minimum absolute atomic E-state index is 0.274. The van der Waals surface area contributed by atoms with Gasteiger partial charge < -0.3 is 19.3 Å². The van der Waals surface area contributed by atoms with Crippen molar-refractivity contribution < 1.29 is 19.1 Å². The van der Waals surface area contributed by atoms with Gasteiger partial charge in [0, 0.05) is 13.1 Å². The number of nitrogens with zero attached hydrogens (tertiary/aromatic N) is 2. The number of benzene rings is 1. The Morgan fingerprint density at radius 3 is 1.00 bits per heavy atom. The van der Waals surface area contributed by atoms with Crippen molar-refractivity contribution in [3.05, 3.63) is 35.4 Å². The van der Waals surface area contributed by atoms with E-state index in [1.165, 1.54) is 154 Å². The first-order valence-electron chi connectivity index (χ1n) is 20.3. The maximum absolute atomic E-state index is 12.8. The van der Waals surface area contributed by atoms with E-state index < -0.39 is 11.9 Å². The van der Waals surface area contributed by atoms with Gasteiger partial charge in [0.25, 0.3) is 0 Å². The number of hydrogen-bond acceptors (Lipinski definition) is 6. The number of hydrogen-bond donors (Lipinski definition) is 0. The third-order valence-corrected chi connectivity index (χ3v) is 9.57. The minimum atomic E-state index is -0.467. The van der Waals surface area contributed by atoms with Gasteiger partial charge in [-0.15, -0.1) is 0 Å². The zero-order valence-electron chi connectivity index (χ0n) is 32.1. The molecule has 0 fully saturated rings. The Hall–Kier alpha value is -1.92. The summed E-state index contributed by atoms with van der Waals surface area (Å²) in [5.74, 6) is -0.934. The highest BCUT2D eigenvalue weighted by atomic mass is 16.5. The fraction of sp³-hybridized carbons (Fsp3) is 0.810. The predicted molar refractivity (Wildman–Crippen MR) is 204 cm³/mol. The van der Waals surface area contributed by atoms with Gasteiger partial charge in [-0.25, -0.2) is 9.59 Å². The molecule has 0 aromatic heterocycles. The van der Waals surface area contributed by atoms with Crippen LogP contribution in [0.15, 0.2) is 24.3 Å². The smallest absolute Gasteiger partial charge is 0.339 e. The number of unbranched alkanes of at least 4 members (excludes halogenated alkanes) is 22. The monoisotopic (exact) mass is 673 g/mol. The number of rotatable bonds is 34. The van der Waals surface area contributed by atoms with E-state index in [1.54, 1.807) is 24.3 Å². The Morgan fingerprint density at radius 2 is 0.708 bits per heavy atom. The lowest BCUT2D eigenvalue weighted by atomic mass is 10.1. The largest absolute Gasteiger partial charge is 0.461 e. The van der Waals surface area contributed by atoms with Crippen molar-refractivity contribution in [3.63, 3.8) is 0 Å². The second kappa shape index (κ2) is 32.3. The first-order valence-corrected chi connectivity index (χ1v) is 20.3. The van der Waals surface area contributed by atoms with Crippen LogP contribution in [-0.4, -0.2) is 75.2 Å². The lowest BCUT2D eigenvalue weighted by Gasteiger charge is -2.17. The van der Waals surface area contributed by atoms with E-state index in [2.05, 4.69) is 37.7 Å². The van der Waals surface area contributed by atoms with Gasteiger partial charge >= 0.3 is 11.9 Å². The van der Waals surface area contributed by atoms with Crippen LogP contribution in [0.25, 0.3) is 0 Å². The van der Waals surface area contributed by atoms with Gasteiger partial charge in [-0.3, -0.25) is 0 Å². The van der Waals surface area contributed by atoms with E-state index >= 15 is 0 Å². The average molecular weight is 673 g/mol. The third kappa shape index (κ3) is 25.1. The molecule has 0 atom stereocenters. The van der Waals surface area contributed by atoms with E-state index in [1.807, 2.05) is 0 Å². The molecule has 0 bridgehead atoms. The summed E-state index contributed by atoms with van der Waals surface area (Å²) in [6, 6.07) is 6.81. The minimum Gasteiger partial charge on any atom is -0.461 e. The Morgan fingerprint density at radius 1 is 0.438 bits per heavy atom. The van der Waals surface area contributed by atoms with Crippen molar-refractivity contribution in [2.75, 3.05) is 53.5 Å². The van der Waals surface area contributed by atoms with Crippen LogP contribution in [0.2, 0.25) is 0 Å². The van der Waals surface area contributed by atoms with E-state index in [0.717, 1.165) is 13.1 Å². The second-order valence-corrected chi connectivity index (χ2v) is 14.2. The van der Waals surface area contributed by atoms with Crippen LogP contribution >= 0.6 is 0 Å². The summed E-state index contributed by atoms with van der Waals surface area (Å²) >= 11 is 0. The molecule has 0 spiro atoms. The zero-order chi connectivity index (χ0) is 34.9. The Bertz CT molecular complexity index is 821. The maximum atomic E-state index is 12.8. The molecular formula is C42H76N2O4. The van der Waals surface area contributed by atoms with Gasteiger partial charge in [0.05, 0.1) is 11.1 Å². The number of ether oxygens (including phenoxy) is 2. The Balaban J connectivity index is 2.12. The first-order chi connectivity index (χ1) is 23.5. The van der Waals surface area contributed by atoms with Crippen LogP contribution in [0.4, 0.5) is 0 Å². The van der Waals surface area contributed by atoms with Crippen molar-refractivity contribution in [2.24, 2.45) is 0 Å². The summed E-state index contributed by atoms with van der Waals surface area (Å²) in [6.45, 7) is 8.54. The molecule has 0 aliphatic rings. The van der Waals surface area contributed by atoms with Gasteiger partial charge in [0.1, 0.15) is 13.2 Å². The molecule has 0 radical (unpaired) electrons. The van der Waals surface area contributed by atoms with Crippen LogP contribution in [0.5, 0.6) is 0 Å². The fourth-order valence-corrected chi connectivity index (χ4v) is 6.25. The van der Waals surface area contributed by atoms with Crippen molar-refractivity contribution in [3.8, 4) is 0 Å². The Labute approximate surface area is 297 Å². The van der Waals surface area contributed by atoms with Gasteiger partial charge in [0.2, 0.25) is 0 Å². The summed E-state index contributed by atoms with van der Waals surface area (Å²) in [5.41, 5.74) is 0.548. The van der Waals surface area contributed by atoms with Gasteiger partial charge in [0.15, 0.2) is 0 Å². The first kappa shape index (κ1) is 44.1. The Kier molecular flexibility index (Phi) is 29.7. The van der Waals surface area contributed by atoms with Crippen molar-refractivity contribution in [2.45, 2.75) is 168 Å². The van der Waals surface area contributed by atoms with E-state index in [-0.39, 0.29) is 11.1 Å². The molecule has 0 heterocycles. The molecule has 0 amide bonds. The molecule has 0 unspecified atom stereocenters. The summed E-state index contributed by atoms with van der Waals surface area (Å²) in [5, 5.41) is 0. The summed E-state index contributed by atoms with van der Waals surface area (Å²) < 4.78 is 11.1. The van der Waals surface area contributed by atoms with Crippen molar-refractivity contribution >= 4 is 11.9 Å². The molecule has 6 nitrogen and oxygen atoms in total. The average Bonchev–Trinajstić information content (AvgIpc) is 3.09. The van der Waals surface area contributed by atoms with Gasteiger partial charge in [-0.2, -0.15) is 0 Å². The number of carbonyl (C=O) groups is 2. The van der Waals surface area contributed by atoms with Crippen LogP contribution in [-0.2, 0) is 9.47 Å². The molecule has 0 saturated heterocycles. The summed E-state index contributed by atoms with van der Waals surface area (Å²) in [4.78, 5) is 30.1. The topological polar surface area (TPSA) is 59.1 Å². The molecule has 1 aromatic carbocycles. The molecule has 278 valence electrons.